The second-order valence-electron chi connectivity index (χ2n) is 5.29. The fourth-order valence-electron chi connectivity index (χ4n) is 2.36. The van der Waals surface area contributed by atoms with Crippen molar-refractivity contribution in [2.75, 3.05) is 11.9 Å². The van der Waals surface area contributed by atoms with Gasteiger partial charge in [-0.1, -0.05) is 0 Å². The monoisotopic (exact) mass is 286 g/mol. The number of rotatable bonds is 4. The van der Waals surface area contributed by atoms with Gasteiger partial charge in [0.15, 0.2) is 0 Å². The third-order valence-electron chi connectivity index (χ3n) is 3.61. The molecule has 112 valence electrons. The average molecular weight is 286 g/mol. The minimum atomic E-state index is -0.324. The van der Waals surface area contributed by atoms with E-state index in [9.17, 15) is 4.79 Å². The van der Waals surface area contributed by atoms with E-state index in [0.29, 0.717) is 6.61 Å². The van der Waals surface area contributed by atoms with E-state index in [1.807, 2.05) is 13.8 Å². The summed E-state index contributed by atoms with van der Waals surface area (Å²) in [6.45, 7) is 10.3. The Hall–Kier alpha value is -2.23. The second-order valence-corrected chi connectivity index (χ2v) is 5.29. The molecular formula is C17H22N2O2. The lowest BCUT2D eigenvalue weighted by atomic mass is 10.1. The van der Waals surface area contributed by atoms with Crippen molar-refractivity contribution >= 4 is 22.6 Å². The molecule has 0 atom stereocenters. The van der Waals surface area contributed by atoms with Crippen LogP contribution in [0.2, 0.25) is 0 Å². The molecular weight excluding hydrogens is 264 g/mol. The zero-order valence-electron chi connectivity index (χ0n) is 13.3. The Labute approximate surface area is 125 Å². The molecule has 4 heteroatoms. The third-order valence-corrected chi connectivity index (χ3v) is 3.61. The molecule has 0 saturated carbocycles. The summed E-state index contributed by atoms with van der Waals surface area (Å²) in [6.07, 6.45) is 1.47. The summed E-state index contributed by atoms with van der Waals surface area (Å²) in [7, 11) is 0. The van der Waals surface area contributed by atoms with Crippen molar-refractivity contribution in [2.45, 2.75) is 34.6 Å². The number of anilines is 1. The number of hydrogen-bond donors (Lipinski definition) is 2. The van der Waals surface area contributed by atoms with Crippen LogP contribution in [0.1, 0.15) is 30.7 Å². The van der Waals surface area contributed by atoms with Gasteiger partial charge in [-0.2, -0.15) is 0 Å². The van der Waals surface area contributed by atoms with Crippen molar-refractivity contribution in [3.05, 3.63) is 40.7 Å². The molecule has 0 amide bonds. The molecule has 2 N–H and O–H groups in total. The van der Waals surface area contributed by atoms with E-state index in [2.05, 4.69) is 36.3 Å². The van der Waals surface area contributed by atoms with Crippen molar-refractivity contribution in [1.29, 1.82) is 0 Å². The fraction of sp³-hybridized carbons (Fsp3) is 0.353. The summed E-state index contributed by atoms with van der Waals surface area (Å²) in [5, 5.41) is 4.47. The van der Waals surface area contributed by atoms with Crippen LogP contribution in [0.15, 0.2) is 23.9 Å². The van der Waals surface area contributed by atoms with Gasteiger partial charge < -0.3 is 15.0 Å². The largest absolute Gasteiger partial charge is 0.463 e. The molecule has 4 nitrogen and oxygen atoms in total. The van der Waals surface area contributed by atoms with E-state index in [0.717, 1.165) is 22.5 Å². The average Bonchev–Trinajstić information content (AvgIpc) is 2.66. The Kier molecular flexibility index (Phi) is 4.36. The molecule has 0 fully saturated rings. The van der Waals surface area contributed by atoms with Crippen LogP contribution in [0.25, 0.3) is 10.9 Å². The SMILES string of the molecule is CCOC(=O)/C=C(\C)Nc1cc2c(C)c(C)[nH]c2cc1C. The summed E-state index contributed by atoms with van der Waals surface area (Å²) in [5.74, 6) is -0.324. The smallest absolute Gasteiger partial charge is 0.332 e. The summed E-state index contributed by atoms with van der Waals surface area (Å²) in [6, 6.07) is 4.24. The van der Waals surface area contributed by atoms with E-state index in [-0.39, 0.29) is 5.97 Å². The fourth-order valence-corrected chi connectivity index (χ4v) is 2.36. The molecule has 0 aliphatic heterocycles. The summed E-state index contributed by atoms with van der Waals surface area (Å²) >= 11 is 0. The topological polar surface area (TPSA) is 54.1 Å². The molecule has 0 aliphatic rings. The Balaban J connectivity index is 2.32. The molecule has 0 saturated heterocycles. The zero-order valence-corrected chi connectivity index (χ0v) is 13.3. The van der Waals surface area contributed by atoms with Crippen molar-refractivity contribution < 1.29 is 9.53 Å². The summed E-state index contributed by atoms with van der Waals surface area (Å²) in [4.78, 5) is 14.8. The van der Waals surface area contributed by atoms with Crippen LogP contribution >= 0.6 is 0 Å². The molecule has 0 unspecified atom stereocenters. The highest BCUT2D eigenvalue weighted by Gasteiger charge is 2.08. The maximum absolute atomic E-state index is 11.5. The van der Waals surface area contributed by atoms with E-state index in [1.54, 1.807) is 6.92 Å². The zero-order chi connectivity index (χ0) is 15.6. The van der Waals surface area contributed by atoms with Crippen LogP contribution in [0.3, 0.4) is 0 Å². The number of carbonyl (C=O) groups is 1. The Morgan fingerprint density at radius 2 is 2.05 bits per heavy atom. The van der Waals surface area contributed by atoms with Gasteiger partial charge in [-0.25, -0.2) is 4.79 Å². The number of aryl methyl sites for hydroxylation is 3. The van der Waals surface area contributed by atoms with Crippen molar-refractivity contribution in [1.82, 2.24) is 4.98 Å². The predicted molar refractivity (Wildman–Crippen MR) is 86.5 cm³/mol. The van der Waals surface area contributed by atoms with Crippen LogP contribution in [-0.2, 0) is 9.53 Å². The van der Waals surface area contributed by atoms with Gasteiger partial charge in [0.25, 0.3) is 0 Å². The van der Waals surface area contributed by atoms with E-state index in [4.69, 9.17) is 4.74 Å². The number of esters is 1. The predicted octanol–water partition coefficient (Wildman–Crippen LogP) is 3.97. The van der Waals surface area contributed by atoms with Crippen LogP contribution < -0.4 is 5.32 Å². The first kappa shape index (κ1) is 15.2. The summed E-state index contributed by atoms with van der Waals surface area (Å²) in [5.41, 5.74) is 6.46. The molecule has 0 radical (unpaired) electrons. The number of carbonyl (C=O) groups excluding carboxylic acids is 1. The number of hydrogen-bond acceptors (Lipinski definition) is 3. The van der Waals surface area contributed by atoms with Crippen LogP contribution in [0, 0.1) is 20.8 Å². The number of ether oxygens (including phenoxy) is 1. The quantitative estimate of drug-likeness (QED) is 0.660. The van der Waals surface area contributed by atoms with Gasteiger partial charge in [-0.05, 0) is 57.9 Å². The molecule has 1 aromatic carbocycles. The lowest BCUT2D eigenvalue weighted by Gasteiger charge is -2.10. The number of nitrogens with one attached hydrogen (secondary N) is 2. The van der Waals surface area contributed by atoms with Crippen LogP contribution in [0.5, 0.6) is 0 Å². The molecule has 1 aromatic heterocycles. The number of fused-ring (bicyclic) bond motifs is 1. The number of H-pyrrole nitrogens is 1. The first-order valence-electron chi connectivity index (χ1n) is 7.14. The first-order chi connectivity index (χ1) is 9.92. The van der Waals surface area contributed by atoms with E-state index < -0.39 is 0 Å². The highest BCUT2D eigenvalue weighted by atomic mass is 16.5. The van der Waals surface area contributed by atoms with Crippen molar-refractivity contribution in [3.63, 3.8) is 0 Å². The first-order valence-corrected chi connectivity index (χ1v) is 7.14. The Bertz CT molecular complexity index is 711. The maximum Gasteiger partial charge on any atom is 0.332 e. The molecule has 2 aromatic rings. The summed E-state index contributed by atoms with van der Waals surface area (Å²) < 4.78 is 4.91. The van der Waals surface area contributed by atoms with Crippen LogP contribution in [-0.4, -0.2) is 17.6 Å². The molecule has 1 heterocycles. The number of aromatic amines is 1. The lowest BCUT2D eigenvalue weighted by molar-refractivity contribution is -0.137. The molecule has 0 bridgehead atoms. The standard InChI is InChI=1S/C17H22N2O2/c1-6-21-17(20)8-11(3)18-15-9-14-12(4)13(5)19-16(14)7-10(15)2/h7-9,18-19H,6H2,1-5H3/b11-8+. The maximum atomic E-state index is 11.5. The molecule has 0 spiro atoms. The van der Waals surface area contributed by atoms with Crippen LogP contribution in [0.4, 0.5) is 5.69 Å². The lowest BCUT2D eigenvalue weighted by Crippen LogP contribution is -2.05. The highest BCUT2D eigenvalue weighted by Crippen LogP contribution is 2.28. The van der Waals surface area contributed by atoms with Gasteiger partial charge in [0.1, 0.15) is 0 Å². The number of aromatic nitrogens is 1. The minimum absolute atomic E-state index is 0.324. The van der Waals surface area contributed by atoms with Gasteiger partial charge >= 0.3 is 5.97 Å². The Morgan fingerprint density at radius 1 is 1.33 bits per heavy atom. The molecule has 21 heavy (non-hydrogen) atoms. The number of allylic oxidation sites excluding steroid dienone is 1. The van der Waals surface area contributed by atoms with E-state index >= 15 is 0 Å². The van der Waals surface area contributed by atoms with E-state index in [1.165, 1.54) is 22.7 Å². The number of benzene rings is 1. The third kappa shape index (κ3) is 3.27. The van der Waals surface area contributed by atoms with Crippen molar-refractivity contribution in [2.24, 2.45) is 0 Å². The van der Waals surface area contributed by atoms with Gasteiger partial charge in [-0.3, -0.25) is 0 Å². The normalized spacial score (nSPS) is 11.8. The van der Waals surface area contributed by atoms with Crippen molar-refractivity contribution in [3.8, 4) is 0 Å². The second kappa shape index (κ2) is 6.04. The van der Waals surface area contributed by atoms with Gasteiger partial charge in [0, 0.05) is 34.1 Å². The molecule has 2 rings (SSSR count). The van der Waals surface area contributed by atoms with Gasteiger partial charge in [0.05, 0.1) is 6.61 Å². The van der Waals surface area contributed by atoms with Gasteiger partial charge in [-0.15, -0.1) is 0 Å². The highest BCUT2D eigenvalue weighted by molar-refractivity contribution is 5.89. The molecule has 0 aliphatic carbocycles. The minimum Gasteiger partial charge on any atom is -0.463 e. The van der Waals surface area contributed by atoms with Gasteiger partial charge in [0.2, 0.25) is 0 Å². The Morgan fingerprint density at radius 3 is 2.71 bits per heavy atom.